The third kappa shape index (κ3) is 14.6. The Kier molecular flexibility index (Phi) is 20.4. The molecule has 0 aromatic carbocycles. The van der Waals surface area contributed by atoms with Crippen molar-refractivity contribution in [2.45, 2.75) is 0 Å². The summed E-state index contributed by atoms with van der Waals surface area (Å²) in [4.78, 5) is 0. The molecule has 0 aliphatic carbocycles. The molecular weight excluding hydrogens is 63.0 g/mol. The van der Waals surface area contributed by atoms with E-state index in [1.54, 1.807) is 7.11 Å². The molecule has 0 amide bonds. The summed E-state index contributed by atoms with van der Waals surface area (Å²) in [6, 6.07) is 0. The summed E-state index contributed by atoms with van der Waals surface area (Å²) in [5.74, 6) is 0. The van der Waals surface area contributed by atoms with E-state index in [9.17, 15) is 0 Å². The molecule has 0 atom stereocenters. The molecule has 0 fully saturated rings. The molecule has 0 unspecified atom stereocenters. The van der Waals surface area contributed by atoms with E-state index >= 15 is 0 Å². The molecule has 0 spiro atoms. The Morgan fingerprint density at radius 2 is 1.75 bits per heavy atom. The minimum atomic E-state index is 0. The van der Waals surface area contributed by atoms with Crippen LogP contribution < -0.4 is 0 Å². The van der Waals surface area contributed by atoms with Gasteiger partial charge in [0.2, 0.25) is 0 Å². The average molecular weight is 70.1 g/mol. The summed E-state index contributed by atoms with van der Waals surface area (Å²) in [5, 5.41) is 0. The first-order valence-corrected chi connectivity index (χ1v) is 1.63. The van der Waals surface area contributed by atoms with E-state index < -0.39 is 0 Å². The predicted molar refractivity (Wildman–Crippen MR) is 24.1 cm³/mol. The van der Waals surface area contributed by atoms with E-state index in [1.165, 1.54) is 0 Å². The van der Waals surface area contributed by atoms with Crippen molar-refractivity contribution in [3.63, 3.8) is 0 Å². The van der Waals surface area contributed by atoms with Gasteiger partial charge in [0.05, 0.1) is 0 Å². The van der Waals surface area contributed by atoms with Crippen LogP contribution in [0.5, 0.6) is 0 Å². The van der Waals surface area contributed by atoms with Gasteiger partial charge < -0.3 is 4.43 Å². The van der Waals surface area contributed by atoms with Gasteiger partial charge in [0.25, 0.3) is 0 Å². The standard InChI is InChI=1S/CH6OSi.Li.H/c1-2-3;;/h1,3H3;;. The van der Waals surface area contributed by atoms with Crippen molar-refractivity contribution in [3.8, 4) is 0 Å². The summed E-state index contributed by atoms with van der Waals surface area (Å²) >= 11 is 0. The summed E-state index contributed by atoms with van der Waals surface area (Å²) in [6.45, 7) is 0. The third-order valence-corrected chi connectivity index (χ3v) is 0. The molecule has 0 aromatic rings. The van der Waals surface area contributed by atoms with Gasteiger partial charge in [0.1, 0.15) is 10.5 Å². The SMILES string of the molecule is CO[SiH3].[LiH]. The Balaban J connectivity index is 0. The normalized spacial score (nSPS) is 5.25. The van der Waals surface area contributed by atoms with E-state index in [2.05, 4.69) is 4.43 Å². The van der Waals surface area contributed by atoms with Crippen LogP contribution in [0.3, 0.4) is 0 Å². The topological polar surface area (TPSA) is 9.23 Å². The maximum atomic E-state index is 4.39. The van der Waals surface area contributed by atoms with Crippen molar-refractivity contribution >= 4 is 29.3 Å². The van der Waals surface area contributed by atoms with Crippen molar-refractivity contribution < 1.29 is 4.43 Å². The fraction of sp³-hybridized carbons (Fsp3) is 1.00. The molecule has 22 valence electrons. The summed E-state index contributed by atoms with van der Waals surface area (Å²) in [5.41, 5.74) is 0. The van der Waals surface area contributed by atoms with Gasteiger partial charge in [-0.15, -0.1) is 0 Å². The zero-order valence-corrected chi connectivity index (χ0v) is 4.41. The quantitative estimate of drug-likeness (QED) is 0.308. The Morgan fingerprint density at radius 1 is 1.75 bits per heavy atom. The monoisotopic (exact) mass is 70.0 g/mol. The molecule has 0 bridgehead atoms. The van der Waals surface area contributed by atoms with Crippen LogP contribution >= 0.6 is 0 Å². The molecule has 3 heteroatoms. The molecule has 0 aliphatic heterocycles. The van der Waals surface area contributed by atoms with Crippen LogP contribution in [0.4, 0.5) is 0 Å². The fourth-order valence-corrected chi connectivity index (χ4v) is 0. The Hall–Kier alpha value is 0.774. The van der Waals surface area contributed by atoms with Gasteiger partial charge >= 0.3 is 18.9 Å². The van der Waals surface area contributed by atoms with E-state index in [0.29, 0.717) is 0 Å². The fourth-order valence-electron chi connectivity index (χ4n) is 0. The van der Waals surface area contributed by atoms with Gasteiger partial charge in [0, 0.05) is 7.11 Å². The summed E-state index contributed by atoms with van der Waals surface area (Å²) < 4.78 is 4.39. The van der Waals surface area contributed by atoms with Gasteiger partial charge in [-0.3, -0.25) is 0 Å². The Labute approximate surface area is 41.4 Å². The minimum absolute atomic E-state index is 0. The number of rotatable bonds is 0. The zero-order valence-electron chi connectivity index (χ0n) is 2.41. The van der Waals surface area contributed by atoms with Crippen molar-refractivity contribution in [2.24, 2.45) is 0 Å². The first-order chi connectivity index (χ1) is 1.41. The molecule has 0 rings (SSSR count). The van der Waals surface area contributed by atoms with Crippen LogP contribution in [-0.2, 0) is 4.43 Å². The average Bonchev–Trinajstić information content (AvgIpc) is 0.918. The molecule has 0 N–H and O–H groups in total. The van der Waals surface area contributed by atoms with Gasteiger partial charge in [0.15, 0.2) is 0 Å². The molecule has 0 heterocycles. The van der Waals surface area contributed by atoms with Crippen LogP contribution in [0.1, 0.15) is 0 Å². The van der Waals surface area contributed by atoms with Crippen molar-refractivity contribution in [1.82, 2.24) is 0 Å². The molecule has 1 nitrogen and oxygen atoms in total. The Morgan fingerprint density at radius 3 is 1.75 bits per heavy atom. The predicted octanol–water partition coefficient (Wildman–Crippen LogP) is -1.74. The molecule has 0 saturated heterocycles. The molecule has 0 radical (unpaired) electrons. The van der Waals surface area contributed by atoms with Crippen molar-refractivity contribution in [2.75, 3.05) is 7.11 Å². The second kappa shape index (κ2) is 9.23. The van der Waals surface area contributed by atoms with Crippen LogP contribution in [0.15, 0.2) is 0 Å². The van der Waals surface area contributed by atoms with Crippen LogP contribution in [-0.4, -0.2) is 36.5 Å². The van der Waals surface area contributed by atoms with E-state index in [-0.39, 0.29) is 18.9 Å². The van der Waals surface area contributed by atoms with Crippen molar-refractivity contribution in [1.29, 1.82) is 0 Å². The second-order valence-electron chi connectivity index (χ2n) is 0.408. The van der Waals surface area contributed by atoms with Gasteiger partial charge in [-0.25, -0.2) is 0 Å². The van der Waals surface area contributed by atoms with Crippen LogP contribution in [0.2, 0.25) is 0 Å². The van der Waals surface area contributed by atoms with E-state index in [1.807, 2.05) is 0 Å². The van der Waals surface area contributed by atoms with Gasteiger partial charge in [-0.05, 0) is 0 Å². The third-order valence-electron chi connectivity index (χ3n) is 0. The summed E-state index contributed by atoms with van der Waals surface area (Å²) in [7, 11) is 2.56. The maximum absolute atomic E-state index is 4.39. The van der Waals surface area contributed by atoms with Gasteiger partial charge in [-0.2, -0.15) is 0 Å². The zero-order chi connectivity index (χ0) is 2.71. The molecular formula is CH7LiOSi. The molecule has 0 aromatic heterocycles. The Bertz CT molecular complexity index is 8.00. The molecule has 0 aliphatic rings. The second-order valence-corrected chi connectivity index (χ2v) is 1.22. The number of hydrogen-bond donors (Lipinski definition) is 0. The van der Waals surface area contributed by atoms with Crippen molar-refractivity contribution in [3.05, 3.63) is 0 Å². The van der Waals surface area contributed by atoms with Crippen LogP contribution in [0, 0.1) is 0 Å². The van der Waals surface area contributed by atoms with E-state index in [4.69, 9.17) is 0 Å². The van der Waals surface area contributed by atoms with Gasteiger partial charge in [-0.1, -0.05) is 0 Å². The molecule has 0 saturated carbocycles. The van der Waals surface area contributed by atoms with E-state index in [0.717, 1.165) is 10.5 Å². The summed E-state index contributed by atoms with van der Waals surface area (Å²) in [6.07, 6.45) is 0. The van der Waals surface area contributed by atoms with Crippen LogP contribution in [0.25, 0.3) is 0 Å². The first-order valence-electron chi connectivity index (χ1n) is 0.816. The number of hydrogen-bond acceptors (Lipinski definition) is 1. The molecule has 4 heavy (non-hydrogen) atoms. The first kappa shape index (κ1) is 8.84.